The van der Waals surface area contributed by atoms with E-state index in [4.69, 9.17) is 0 Å². The van der Waals surface area contributed by atoms with E-state index in [1.807, 2.05) is 31.2 Å². The highest BCUT2D eigenvalue weighted by Crippen LogP contribution is 2.74. The van der Waals surface area contributed by atoms with E-state index < -0.39 is 0 Å². The molecule has 1 amide bonds. The van der Waals surface area contributed by atoms with Gasteiger partial charge in [0.2, 0.25) is 5.91 Å². The molecule has 3 saturated carbocycles. The van der Waals surface area contributed by atoms with Gasteiger partial charge >= 0.3 is 0 Å². The van der Waals surface area contributed by atoms with Crippen LogP contribution in [-0.2, 0) is 4.79 Å². The van der Waals surface area contributed by atoms with Crippen LogP contribution in [0.1, 0.15) is 44.6 Å². The lowest BCUT2D eigenvalue weighted by atomic mass is 9.91. The van der Waals surface area contributed by atoms with Crippen molar-refractivity contribution in [2.45, 2.75) is 39.0 Å². The van der Waals surface area contributed by atoms with E-state index in [0.717, 1.165) is 34.0 Å². The van der Waals surface area contributed by atoms with Gasteiger partial charge in [0.1, 0.15) is 0 Å². The van der Waals surface area contributed by atoms with E-state index in [9.17, 15) is 4.79 Å². The molecule has 1 N–H and O–H groups in total. The van der Waals surface area contributed by atoms with Crippen LogP contribution >= 0.6 is 15.9 Å². The minimum Gasteiger partial charge on any atom is -0.273 e. The molecule has 1 unspecified atom stereocenters. The molecule has 1 aromatic rings. The number of halogens is 1. The van der Waals surface area contributed by atoms with Crippen LogP contribution in [0.2, 0.25) is 0 Å². The highest BCUT2D eigenvalue weighted by atomic mass is 79.9. The molecule has 0 radical (unpaired) electrons. The van der Waals surface area contributed by atoms with Gasteiger partial charge in [-0.2, -0.15) is 5.10 Å². The first-order valence-electron chi connectivity index (χ1n) is 8.21. The Hall–Kier alpha value is -1.16. The maximum absolute atomic E-state index is 12.5. The quantitative estimate of drug-likeness (QED) is 0.622. The second-order valence-corrected chi connectivity index (χ2v) is 8.02. The molecule has 0 aromatic heterocycles. The Kier molecular flexibility index (Phi) is 3.40. The maximum atomic E-state index is 12.5. The second kappa shape index (κ2) is 5.19. The smallest absolute Gasteiger partial charge is 0.243 e. The summed E-state index contributed by atoms with van der Waals surface area (Å²) in [6.45, 7) is 1.93. The maximum Gasteiger partial charge on any atom is 0.243 e. The number of hydrogen-bond acceptors (Lipinski definition) is 2. The number of carbonyl (C=O) groups excluding carboxylic acids is 1. The fourth-order valence-electron chi connectivity index (χ4n) is 4.10. The molecule has 22 heavy (non-hydrogen) atoms. The van der Waals surface area contributed by atoms with Crippen LogP contribution < -0.4 is 5.43 Å². The third-order valence-corrected chi connectivity index (χ3v) is 6.11. The molecule has 4 heteroatoms. The Morgan fingerprint density at radius 1 is 1.27 bits per heavy atom. The zero-order chi connectivity index (χ0) is 15.3. The van der Waals surface area contributed by atoms with Gasteiger partial charge in [-0.05, 0) is 74.0 Å². The number of benzene rings is 1. The third-order valence-electron chi connectivity index (χ3n) is 5.61. The monoisotopic (exact) mass is 360 g/mol. The highest BCUT2D eigenvalue weighted by Gasteiger charge is 2.70. The molecular formula is C18H21BrN2O. The summed E-state index contributed by atoms with van der Waals surface area (Å²) in [7, 11) is 0. The molecule has 3 fully saturated rings. The van der Waals surface area contributed by atoms with Crippen molar-refractivity contribution in [3.63, 3.8) is 0 Å². The molecule has 0 aliphatic heterocycles. The Morgan fingerprint density at radius 2 is 1.95 bits per heavy atom. The fraction of sp³-hybridized carbons (Fsp3) is 0.556. The van der Waals surface area contributed by atoms with Crippen molar-refractivity contribution in [2.75, 3.05) is 0 Å². The molecule has 0 saturated heterocycles. The van der Waals surface area contributed by atoms with Crippen LogP contribution in [0.5, 0.6) is 0 Å². The van der Waals surface area contributed by atoms with E-state index in [2.05, 4.69) is 26.5 Å². The van der Waals surface area contributed by atoms with E-state index in [1.165, 1.54) is 25.7 Å². The van der Waals surface area contributed by atoms with Crippen molar-refractivity contribution in [3.05, 3.63) is 34.3 Å². The summed E-state index contributed by atoms with van der Waals surface area (Å²) in [6.07, 6.45) is 6.43. The van der Waals surface area contributed by atoms with Crippen LogP contribution in [0.25, 0.3) is 0 Å². The Bertz CT molecular complexity index is 634. The van der Waals surface area contributed by atoms with Gasteiger partial charge in [0.05, 0.1) is 5.71 Å². The predicted octanol–water partition coefficient (Wildman–Crippen LogP) is 4.12. The number of nitrogens with zero attached hydrogens (tertiary/aromatic N) is 1. The lowest BCUT2D eigenvalue weighted by molar-refractivity contribution is -0.123. The van der Waals surface area contributed by atoms with E-state index in [-0.39, 0.29) is 11.8 Å². The van der Waals surface area contributed by atoms with Crippen molar-refractivity contribution in [1.29, 1.82) is 0 Å². The molecule has 3 aliphatic rings. The predicted molar refractivity (Wildman–Crippen MR) is 90.5 cm³/mol. The lowest BCUT2D eigenvalue weighted by Gasteiger charge is -2.14. The van der Waals surface area contributed by atoms with Crippen LogP contribution in [0.4, 0.5) is 0 Å². The first-order valence-corrected chi connectivity index (χ1v) is 9.00. The molecule has 0 heterocycles. The molecule has 3 aliphatic carbocycles. The Morgan fingerprint density at radius 3 is 2.55 bits per heavy atom. The van der Waals surface area contributed by atoms with E-state index >= 15 is 0 Å². The van der Waals surface area contributed by atoms with Crippen molar-refractivity contribution in [2.24, 2.45) is 28.3 Å². The van der Waals surface area contributed by atoms with Gasteiger partial charge in [-0.15, -0.1) is 0 Å². The largest absolute Gasteiger partial charge is 0.273 e. The molecule has 3 nitrogen and oxygen atoms in total. The highest BCUT2D eigenvalue weighted by molar-refractivity contribution is 9.10. The van der Waals surface area contributed by atoms with Crippen molar-refractivity contribution in [3.8, 4) is 0 Å². The van der Waals surface area contributed by atoms with Gasteiger partial charge in [0.15, 0.2) is 0 Å². The van der Waals surface area contributed by atoms with Crippen LogP contribution in [0.3, 0.4) is 0 Å². The van der Waals surface area contributed by atoms with Crippen molar-refractivity contribution in [1.82, 2.24) is 5.43 Å². The normalized spacial score (nSPS) is 26.6. The molecule has 116 valence electrons. The van der Waals surface area contributed by atoms with Crippen LogP contribution in [0, 0.1) is 23.2 Å². The summed E-state index contributed by atoms with van der Waals surface area (Å²) < 4.78 is 1.02. The van der Waals surface area contributed by atoms with Crippen molar-refractivity contribution < 1.29 is 4.79 Å². The summed E-state index contributed by atoms with van der Waals surface area (Å²) >= 11 is 3.46. The van der Waals surface area contributed by atoms with Gasteiger partial charge in [0, 0.05) is 10.4 Å². The van der Waals surface area contributed by atoms with Gasteiger partial charge in [-0.25, -0.2) is 5.43 Å². The number of hydrazone groups is 1. The molecular weight excluding hydrogens is 340 g/mol. The molecule has 4 rings (SSSR count). The minimum atomic E-state index is 0.133. The van der Waals surface area contributed by atoms with E-state index in [1.54, 1.807) is 0 Å². The van der Waals surface area contributed by atoms with E-state index in [0.29, 0.717) is 5.41 Å². The van der Waals surface area contributed by atoms with Gasteiger partial charge in [-0.3, -0.25) is 4.79 Å². The van der Waals surface area contributed by atoms with Crippen LogP contribution in [0.15, 0.2) is 33.8 Å². The summed E-state index contributed by atoms with van der Waals surface area (Å²) in [5.74, 6) is 2.00. The average molecular weight is 361 g/mol. The number of rotatable bonds is 5. The standard InChI is InChI=1S/C18H21BrN2O/c1-11(12-3-2-4-15(19)9-12)20-21-17(22)16-10-18(16,13-5-6-13)14-7-8-14/h2-4,9,13-14,16H,5-8,10H2,1H3,(H,21,22). The van der Waals surface area contributed by atoms with Gasteiger partial charge in [0.25, 0.3) is 0 Å². The zero-order valence-electron chi connectivity index (χ0n) is 12.8. The Balaban J connectivity index is 1.41. The first kappa shape index (κ1) is 14.4. The number of carbonyl (C=O) groups is 1. The Labute approximate surface area is 139 Å². The first-order chi connectivity index (χ1) is 10.6. The second-order valence-electron chi connectivity index (χ2n) is 7.10. The summed E-state index contributed by atoms with van der Waals surface area (Å²) in [5, 5.41) is 4.32. The molecule has 1 aromatic carbocycles. The van der Waals surface area contributed by atoms with Gasteiger partial charge < -0.3 is 0 Å². The molecule has 1 atom stereocenters. The summed E-state index contributed by atoms with van der Waals surface area (Å²) in [5.41, 5.74) is 5.06. The topological polar surface area (TPSA) is 41.5 Å². The minimum absolute atomic E-state index is 0.133. The average Bonchev–Trinajstić information content (AvgIpc) is 3.38. The molecule has 0 spiro atoms. The fourth-order valence-corrected chi connectivity index (χ4v) is 4.50. The summed E-state index contributed by atoms with van der Waals surface area (Å²) in [6, 6.07) is 7.98. The lowest BCUT2D eigenvalue weighted by Crippen LogP contribution is -2.25. The van der Waals surface area contributed by atoms with Crippen molar-refractivity contribution >= 4 is 27.5 Å². The van der Waals surface area contributed by atoms with Crippen LogP contribution in [-0.4, -0.2) is 11.6 Å². The number of amides is 1. The molecule has 0 bridgehead atoms. The van der Waals surface area contributed by atoms with Gasteiger partial charge in [-0.1, -0.05) is 28.1 Å². The summed E-state index contributed by atoms with van der Waals surface area (Å²) in [4.78, 5) is 12.5. The zero-order valence-corrected chi connectivity index (χ0v) is 14.4. The number of nitrogens with one attached hydrogen (secondary N) is 1. The number of hydrogen-bond donors (Lipinski definition) is 1. The third kappa shape index (κ3) is 2.51. The SMILES string of the molecule is CC(=NNC(=O)C1CC1(C1CC1)C1CC1)c1cccc(Br)c1.